The summed E-state index contributed by atoms with van der Waals surface area (Å²) in [6, 6.07) is 0.725. The molecule has 2 N–H and O–H groups in total. The maximum atomic E-state index is 12.5. The standard InChI is InChI=1S/C16H26F3N5S/c1-3-20-15(22-9-10-24(4-2)12-5-6-12)21-8-7-14-23-13(11-25-14)16(17,18)19/h11-12H,3-10H2,1-2H3,(H2,20,21,22). The predicted octanol–water partition coefficient (Wildman–Crippen LogP) is 2.74. The van der Waals surface area contributed by atoms with Gasteiger partial charge in [-0.3, -0.25) is 9.89 Å². The quantitative estimate of drug-likeness (QED) is 0.513. The van der Waals surface area contributed by atoms with Crippen molar-refractivity contribution in [2.75, 3.05) is 32.7 Å². The molecular formula is C16H26F3N5S. The van der Waals surface area contributed by atoms with E-state index in [0.717, 1.165) is 42.4 Å². The molecule has 1 heterocycles. The third-order valence-corrected chi connectivity index (χ3v) is 4.85. The number of likely N-dealkylation sites (N-methyl/N-ethyl adjacent to an activating group) is 1. The SMILES string of the molecule is CCNC(=NCCN(CC)C1CC1)NCCc1nc(C(F)(F)F)cs1. The van der Waals surface area contributed by atoms with Crippen molar-refractivity contribution >= 4 is 17.3 Å². The first kappa shape index (κ1) is 20.0. The normalized spacial score (nSPS) is 15.7. The number of nitrogens with zero attached hydrogens (tertiary/aromatic N) is 3. The maximum Gasteiger partial charge on any atom is 0.434 e. The number of hydrogen-bond donors (Lipinski definition) is 2. The fraction of sp³-hybridized carbons (Fsp3) is 0.750. The van der Waals surface area contributed by atoms with Crippen LogP contribution in [0.4, 0.5) is 13.2 Å². The van der Waals surface area contributed by atoms with Crippen molar-refractivity contribution in [3.63, 3.8) is 0 Å². The Balaban J connectivity index is 1.76. The van der Waals surface area contributed by atoms with E-state index in [1.165, 1.54) is 12.8 Å². The molecule has 0 unspecified atom stereocenters. The molecule has 0 atom stereocenters. The van der Waals surface area contributed by atoms with Crippen molar-refractivity contribution in [3.05, 3.63) is 16.1 Å². The summed E-state index contributed by atoms with van der Waals surface area (Å²) in [7, 11) is 0. The van der Waals surface area contributed by atoms with Crippen LogP contribution in [0, 0.1) is 0 Å². The van der Waals surface area contributed by atoms with Crippen LogP contribution in [0.25, 0.3) is 0 Å². The number of halogens is 3. The van der Waals surface area contributed by atoms with Gasteiger partial charge in [-0.05, 0) is 26.3 Å². The summed E-state index contributed by atoms with van der Waals surface area (Å²) < 4.78 is 37.6. The fourth-order valence-electron chi connectivity index (χ4n) is 2.51. The van der Waals surface area contributed by atoms with Gasteiger partial charge in [0.2, 0.25) is 0 Å². The molecule has 0 bridgehead atoms. The van der Waals surface area contributed by atoms with Gasteiger partial charge in [0.1, 0.15) is 0 Å². The average Bonchev–Trinajstić information content (AvgIpc) is 3.27. The Labute approximate surface area is 150 Å². The average molecular weight is 377 g/mol. The van der Waals surface area contributed by atoms with Crippen LogP contribution in [-0.4, -0.2) is 54.6 Å². The van der Waals surface area contributed by atoms with Crippen molar-refractivity contribution in [2.24, 2.45) is 4.99 Å². The van der Waals surface area contributed by atoms with Gasteiger partial charge in [0.25, 0.3) is 0 Å². The topological polar surface area (TPSA) is 52.6 Å². The van der Waals surface area contributed by atoms with Crippen molar-refractivity contribution in [3.8, 4) is 0 Å². The minimum atomic E-state index is -4.37. The van der Waals surface area contributed by atoms with E-state index in [1.54, 1.807) is 0 Å². The molecule has 1 aromatic heterocycles. The lowest BCUT2D eigenvalue weighted by Gasteiger charge is -2.18. The smallest absolute Gasteiger partial charge is 0.357 e. The zero-order valence-corrected chi connectivity index (χ0v) is 15.5. The van der Waals surface area contributed by atoms with E-state index < -0.39 is 11.9 Å². The number of alkyl halides is 3. The van der Waals surface area contributed by atoms with Gasteiger partial charge >= 0.3 is 6.18 Å². The maximum absolute atomic E-state index is 12.5. The van der Waals surface area contributed by atoms with Crippen LogP contribution in [0.2, 0.25) is 0 Å². The number of hydrogen-bond acceptors (Lipinski definition) is 4. The lowest BCUT2D eigenvalue weighted by molar-refractivity contribution is -0.140. The van der Waals surface area contributed by atoms with Crippen LogP contribution < -0.4 is 10.6 Å². The van der Waals surface area contributed by atoms with E-state index in [1.807, 2.05) is 6.92 Å². The summed E-state index contributed by atoms with van der Waals surface area (Å²) in [6.45, 7) is 8.05. The minimum absolute atomic E-state index is 0.439. The molecule has 0 aliphatic heterocycles. The lowest BCUT2D eigenvalue weighted by atomic mass is 10.4. The first-order valence-corrected chi connectivity index (χ1v) is 9.59. The molecule has 142 valence electrons. The highest BCUT2D eigenvalue weighted by molar-refractivity contribution is 7.09. The number of thiazole rings is 1. The highest BCUT2D eigenvalue weighted by Crippen LogP contribution is 2.30. The molecule has 1 saturated carbocycles. The molecule has 25 heavy (non-hydrogen) atoms. The second-order valence-electron chi connectivity index (χ2n) is 5.92. The van der Waals surface area contributed by atoms with Crippen LogP contribution in [0.5, 0.6) is 0 Å². The van der Waals surface area contributed by atoms with Crippen molar-refractivity contribution in [1.82, 2.24) is 20.5 Å². The third-order valence-electron chi connectivity index (χ3n) is 3.94. The molecule has 1 fully saturated rings. The Hall–Kier alpha value is -1.35. The highest BCUT2D eigenvalue weighted by Gasteiger charge is 2.33. The summed E-state index contributed by atoms with van der Waals surface area (Å²) >= 11 is 1.04. The van der Waals surface area contributed by atoms with Gasteiger partial charge < -0.3 is 10.6 Å². The first-order valence-electron chi connectivity index (χ1n) is 8.71. The largest absolute Gasteiger partial charge is 0.434 e. The zero-order chi connectivity index (χ0) is 18.3. The number of rotatable bonds is 9. The van der Waals surface area contributed by atoms with Gasteiger partial charge in [-0.25, -0.2) is 4.98 Å². The van der Waals surface area contributed by atoms with Crippen LogP contribution in [0.3, 0.4) is 0 Å². The Morgan fingerprint density at radius 3 is 2.68 bits per heavy atom. The minimum Gasteiger partial charge on any atom is -0.357 e. The first-order chi connectivity index (χ1) is 11.9. The zero-order valence-electron chi connectivity index (χ0n) is 14.7. The lowest BCUT2D eigenvalue weighted by Crippen LogP contribution is -2.39. The van der Waals surface area contributed by atoms with Crippen molar-refractivity contribution in [2.45, 2.75) is 45.3 Å². The van der Waals surface area contributed by atoms with Crippen LogP contribution >= 0.6 is 11.3 Å². The Kier molecular flexibility index (Phi) is 7.49. The van der Waals surface area contributed by atoms with Crippen LogP contribution in [0.15, 0.2) is 10.4 Å². The van der Waals surface area contributed by atoms with E-state index in [2.05, 4.69) is 32.4 Å². The van der Waals surface area contributed by atoms with E-state index >= 15 is 0 Å². The molecule has 9 heteroatoms. The van der Waals surface area contributed by atoms with E-state index in [9.17, 15) is 13.2 Å². The van der Waals surface area contributed by atoms with Gasteiger partial charge in [0.15, 0.2) is 11.7 Å². The number of guanidine groups is 1. The number of aromatic nitrogens is 1. The molecule has 1 aliphatic carbocycles. The molecule has 0 radical (unpaired) electrons. The highest BCUT2D eigenvalue weighted by atomic mass is 32.1. The van der Waals surface area contributed by atoms with Crippen molar-refractivity contribution < 1.29 is 13.2 Å². The molecule has 0 aromatic carbocycles. The molecule has 5 nitrogen and oxygen atoms in total. The third kappa shape index (κ3) is 6.81. The molecule has 2 rings (SSSR count). The molecular weight excluding hydrogens is 351 g/mol. The van der Waals surface area contributed by atoms with E-state index in [0.29, 0.717) is 30.5 Å². The Morgan fingerprint density at radius 2 is 2.12 bits per heavy atom. The monoisotopic (exact) mass is 377 g/mol. The number of aliphatic imine (C=N–C) groups is 1. The van der Waals surface area contributed by atoms with Gasteiger partial charge in [-0.2, -0.15) is 13.2 Å². The second-order valence-corrected chi connectivity index (χ2v) is 6.86. The summed E-state index contributed by atoms with van der Waals surface area (Å²) in [5, 5.41) is 7.85. The van der Waals surface area contributed by atoms with Gasteiger partial charge in [0.05, 0.1) is 11.6 Å². The van der Waals surface area contributed by atoms with Crippen LogP contribution in [-0.2, 0) is 12.6 Å². The number of nitrogens with one attached hydrogen (secondary N) is 2. The van der Waals surface area contributed by atoms with Crippen LogP contribution in [0.1, 0.15) is 37.4 Å². The summed E-state index contributed by atoms with van der Waals surface area (Å²) in [5.74, 6) is 0.696. The van der Waals surface area contributed by atoms with E-state index in [4.69, 9.17) is 0 Å². The van der Waals surface area contributed by atoms with Gasteiger partial charge in [0, 0.05) is 37.5 Å². The summed E-state index contributed by atoms with van der Waals surface area (Å²) in [5.41, 5.74) is -0.812. The second kappa shape index (κ2) is 9.38. The molecule has 1 aliphatic rings. The Bertz CT molecular complexity index is 554. The molecule has 0 amide bonds. The van der Waals surface area contributed by atoms with E-state index in [-0.39, 0.29) is 0 Å². The predicted molar refractivity (Wildman–Crippen MR) is 95.1 cm³/mol. The van der Waals surface area contributed by atoms with Crippen molar-refractivity contribution in [1.29, 1.82) is 0 Å². The fourth-order valence-corrected chi connectivity index (χ4v) is 3.32. The molecule has 0 saturated heterocycles. The molecule has 0 spiro atoms. The molecule has 1 aromatic rings. The summed E-state index contributed by atoms with van der Waals surface area (Å²) in [4.78, 5) is 10.6. The Morgan fingerprint density at radius 1 is 1.36 bits per heavy atom. The van der Waals surface area contributed by atoms with Gasteiger partial charge in [-0.1, -0.05) is 6.92 Å². The van der Waals surface area contributed by atoms with Gasteiger partial charge in [-0.15, -0.1) is 11.3 Å². The summed E-state index contributed by atoms with van der Waals surface area (Å²) in [6.07, 6.45) is -1.37.